The van der Waals surface area contributed by atoms with Gasteiger partial charge >= 0.3 is 0 Å². The van der Waals surface area contributed by atoms with E-state index in [2.05, 4.69) is 4.72 Å². The first-order chi connectivity index (χ1) is 13.3. The maximum Gasteiger partial charge on any atom is 0.253 e. The van der Waals surface area contributed by atoms with Crippen LogP contribution in [0.5, 0.6) is 11.5 Å². The van der Waals surface area contributed by atoms with E-state index in [1.807, 2.05) is 31.2 Å². The van der Waals surface area contributed by atoms with Crippen LogP contribution in [0.25, 0.3) is 0 Å². The van der Waals surface area contributed by atoms with Gasteiger partial charge in [0.1, 0.15) is 16.4 Å². The fourth-order valence-corrected chi connectivity index (χ4v) is 3.96. The van der Waals surface area contributed by atoms with Gasteiger partial charge in [0.05, 0.1) is 14.2 Å². The lowest BCUT2D eigenvalue weighted by Crippen LogP contribution is -2.28. The van der Waals surface area contributed by atoms with E-state index >= 15 is 0 Å². The number of carbonyl (C=O) groups is 1. The van der Waals surface area contributed by atoms with Crippen LogP contribution < -0.4 is 14.2 Å². The zero-order valence-corrected chi connectivity index (χ0v) is 17.4. The van der Waals surface area contributed by atoms with Crippen LogP contribution in [0.3, 0.4) is 0 Å². The summed E-state index contributed by atoms with van der Waals surface area (Å²) in [5.74, 6) is 0.644. The van der Waals surface area contributed by atoms with Crippen LogP contribution in [-0.2, 0) is 16.6 Å². The van der Waals surface area contributed by atoms with Gasteiger partial charge in [-0.05, 0) is 42.3 Å². The van der Waals surface area contributed by atoms with Crippen molar-refractivity contribution < 1.29 is 22.7 Å². The molecule has 0 spiro atoms. The Morgan fingerprint density at radius 3 is 2.32 bits per heavy atom. The van der Waals surface area contributed by atoms with Crippen molar-refractivity contribution in [3.63, 3.8) is 0 Å². The Kier molecular flexibility index (Phi) is 7.42. The molecule has 0 aromatic heterocycles. The van der Waals surface area contributed by atoms with Gasteiger partial charge < -0.3 is 14.4 Å². The number of amides is 1. The summed E-state index contributed by atoms with van der Waals surface area (Å²) in [6.45, 7) is 2.56. The highest BCUT2D eigenvalue weighted by molar-refractivity contribution is 7.89. The van der Waals surface area contributed by atoms with Crippen molar-refractivity contribution in [2.75, 3.05) is 27.8 Å². The molecule has 0 aliphatic carbocycles. The molecule has 152 valence electrons. The largest absolute Gasteiger partial charge is 0.497 e. The van der Waals surface area contributed by atoms with Crippen LogP contribution in [0.1, 0.15) is 29.3 Å². The molecule has 7 nitrogen and oxygen atoms in total. The quantitative estimate of drug-likeness (QED) is 0.692. The van der Waals surface area contributed by atoms with E-state index in [0.717, 1.165) is 11.3 Å². The smallest absolute Gasteiger partial charge is 0.253 e. The number of rotatable bonds is 9. The Bertz CT molecular complexity index is 911. The average molecular weight is 407 g/mol. The van der Waals surface area contributed by atoms with Gasteiger partial charge in [0, 0.05) is 25.7 Å². The molecule has 2 aromatic rings. The molecule has 0 atom stereocenters. The van der Waals surface area contributed by atoms with Gasteiger partial charge in [0.25, 0.3) is 5.91 Å². The van der Waals surface area contributed by atoms with Crippen LogP contribution in [-0.4, -0.2) is 47.0 Å². The summed E-state index contributed by atoms with van der Waals surface area (Å²) >= 11 is 0. The summed E-state index contributed by atoms with van der Waals surface area (Å²) in [5.41, 5.74) is 1.20. The standard InChI is InChI=1S/C20H26N2O5S/c1-5-12-21-28(24,25)19-13-16(8-11-18(19)27-4)20(23)22(2)14-15-6-9-17(26-3)10-7-15/h6-11,13,21H,5,12,14H2,1-4H3. The van der Waals surface area contributed by atoms with Crippen molar-refractivity contribution in [2.45, 2.75) is 24.8 Å². The molecule has 1 amide bonds. The van der Waals surface area contributed by atoms with Gasteiger partial charge in [0.2, 0.25) is 10.0 Å². The third kappa shape index (κ3) is 5.24. The number of ether oxygens (including phenoxy) is 2. The maximum atomic E-state index is 12.8. The van der Waals surface area contributed by atoms with Crippen molar-refractivity contribution >= 4 is 15.9 Å². The minimum atomic E-state index is -3.77. The first kappa shape index (κ1) is 21.7. The van der Waals surface area contributed by atoms with Crippen LogP contribution in [0.15, 0.2) is 47.4 Å². The lowest BCUT2D eigenvalue weighted by Gasteiger charge is -2.19. The second-order valence-corrected chi connectivity index (χ2v) is 8.01. The van der Waals surface area contributed by atoms with Crippen molar-refractivity contribution in [3.05, 3.63) is 53.6 Å². The van der Waals surface area contributed by atoms with Crippen LogP contribution in [0, 0.1) is 0 Å². The van der Waals surface area contributed by atoms with Crippen molar-refractivity contribution in [1.82, 2.24) is 9.62 Å². The van der Waals surface area contributed by atoms with Crippen molar-refractivity contribution in [2.24, 2.45) is 0 Å². The summed E-state index contributed by atoms with van der Waals surface area (Å²) in [5, 5.41) is 0. The molecule has 0 fully saturated rings. The molecule has 8 heteroatoms. The molecular weight excluding hydrogens is 380 g/mol. The maximum absolute atomic E-state index is 12.8. The number of methoxy groups -OCH3 is 2. The zero-order valence-electron chi connectivity index (χ0n) is 16.6. The fourth-order valence-electron chi connectivity index (χ4n) is 2.63. The van der Waals surface area contributed by atoms with Gasteiger partial charge in [-0.25, -0.2) is 13.1 Å². The molecule has 0 aliphatic rings. The van der Waals surface area contributed by atoms with E-state index in [1.54, 1.807) is 20.2 Å². The zero-order chi connectivity index (χ0) is 20.7. The number of carbonyl (C=O) groups excluding carboxylic acids is 1. The lowest BCUT2D eigenvalue weighted by molar-refractivity contribution is 0.0785. The molecule has 0 saturated heterocycles. The summed E-state index contributed by atoms with van der Waals surface area (Å²) in [4.78, 5) is 14.3. The average Bonchev–Trinajstić information content (AvgIpc) is 2.71. The Morgan fingerprint density at radius 2 is 1.75 bits per heavy atom. The highest BCUT2D eigenvalue weighted by atomic mass is 32.2. The minimum Gasteiger partial charge on any atom is -0.497 e. The monoisotopic (exact) mass is 406 g/mol. The summed E-state index contributed by atoms with van der Waals surface area (Å²) < 4.78 is 37.9. The molecule has 28 heavy (non-hydrogen) atoms. The normalized spacial score (nSPS) is 11.1. The second kappa shape index (κ2) is 9.57. The first-order valence-corrected chi connectivity index (χ1v) is 10.4. The van der Waals surface area contributed by atoms with Gasteiger partial charge in [-0.15, -0.1) is 0 Å². The molecule has 0 bridgehead atoms. The summed E-state index contributed by atoms with van der Waals surface area (Å²) in [7, 11) is 0.881. The molecule has 0 unspecified atom stereocenters. The van der Waals surface area contributed by atoms with E-state index in [-0.39, 0.29) is 22.1 Å². The highest BCUT2D eigenvalue weighted by Gasteiger charge is 2.22. The van der Waals surface area contributed by atoms with Gasteiger partial charge in [-0.1, -0.05) is 19.1 Å². The number of hydrogen-bond donors (Lipinski definition) is 1. The molecular formula is C20H26N2O5S. The van der Waals surface area contributed by atoms with Crippen molar-refractivity contribution in [3.8, 4) is 11.5 Å². The number of sulfonamides is 1. The van der Waals surface area contributed by atoms with Gasteiger partial charge in [-0.3, -0.25) is 4.79 Å². The number of nitrogens with zero attached hydrogens (tertiary/aromatic N) is 1. The Balaban J connectivity index is 2.25. The Hall–Kier alpha value is -2.58. The van der Waals surface area contributed by atoms with E-state index in [4.69, 9.17) is 9.47 Å². The molecule has 0 saturated carbocycles. The predicted molar refractivity (Wildman–Crippen MR) is 107 cm³/mol. The van der Waals surface area contributed by atoms with E-state index in [0.29, 0.717) is 19.5 Å². The SMILES string of the molecule is CCCNS(=O)(=O)c1cc(C(=O)N(C)Cc2ccc(OC)cc2)ccc1OC. The van der Waals surface area contributed by atoms with Crippen molar-refractivity contribution in [1.29, 1.82) is 0 Å². The minimum absolute atomic E-state index is 0.0489. The fraction of sp³-hybridized carbons (Fsp3) is 0.350. The molecule has 0 heterocycles. The topological polar surface area (TPSA) is 84.9 Å². The number of hydrogen-bond acceptors (Lipinski definition) is 5. The van der Waals surface area contributed by atoms with E-state index in [9.17, 15) is 13.2 Å². The number of benzene rings is 2. The third-order valence-corrected chi connectivity index (χ3v) is 5.65. The molecule has 2 aromatic carbocycles. The van der Waals surface area contributed by atoms with E-state index < -0.39 is 10.0 Å². The molecule has 0 aliphatic heterocycles. The lowest BCUT2D eigenvalue weighted by atomic mass is 10.1. The summed E-state index contributed by atoms with van der Waals surface area (Å²) in [6.07, 6.45) is 0.658. The summed E-state index contributed by atoms with van der Waals surface area (Å²) in [6, 6.07) is 11.8. The Morgan fingerprint density at radius 1 is 1.07 bits per heavy atom. The Labute approximate surface area is 166 Å². The van der Waals surface area contributed by atoms with E-state index in [1.165, 1.54) is 24.1 Å². The first-order valence-electron chi connectivity index (χ1n) is 8.88. The molecule has 1 N–H and O–H groups in total. The van der Waals surface area contributed by atoms with Crippen LogP contribution >= 0.6 is 0 Å². The predicted octanol–water partition coefficient (Wildman–Crippen LogP) is 2.66. The van der Waals surface area contributed by atoms with Crippen LogP contribution in [0.2, 0.25) is 0 Å². The number of nitrogens with one attached hydrogen (secondary N) is 1. The molecule has 2 rings (SSSR count). The van der Waals surface area contributed by atoms with Crippen LogP contribution in [0.4, 0.5) is 0 Å². The highest BCUT2D eigenvalue weighted by Crippen LogP contribution is 2.25. The van der Waals surface area contributed by atoms with Gasteiger partial charge in [0.15, 0.2) is 0 Å². The van der Waals surface area contributed by atoms with Gasteiger partial charge in [-0.2, -0.15) is 0 Å². The second-order valence-electron chi connectivity index (χ2n) is 6.27. The molecule has 0 radical (unpaired) electrons. The third-order valence-electron chi connectivity index (χ3n) is 4.17.